The Morgan fingerprint density at radius 3 is 1.60 bits per heavy atom. The minimum absolute atomic E-state index is 0.00354. The molecule has 5 atom stereocenters. The van der Waals surface area contributed by atoms with Crippen LogP contribution in [0.25, 0.3) is 0 Å². The zero-order chi connectivity index (χ0) is 65.6. The number of Topliss-reactive ketones (excluding diaryl/α,β-unsaturated/α-hetero) is 1. The average molecular weight is 1220 g/mol. The van der Waals surface area contributed by atoms with E-state index in [0.717, 1.165) is 37.9 Å². The molecule has 1 amide bonds. The van der Waals surface area contributed by atoms with Crippen LogP contribution in [0.2, 0.25) is 0 Å². The first-order chi connectivity index (χ1) is 39.7. The number of carbonyl (C=O) groups is 6. The van der Waals surface area contributed by atoms with Crippen LogP contribution in [0.15, 0.2) is 97.1 Å². The minimum atomic E-state index is -4.08. The van der Waals surface area contributed by atoms with Gasteiger partial charge in [-0.1, -0.05) is 99.5 Å². The number of fused-ring (bicyclic) bond motifs is 3. The summed E-state index contributed by atoms with van der Waals surface area (Å²) in [7, 11) is -0.860. The molecule has 0 saturated heterocycles. The highest BCUT2D eigenvalue weighted by molar-refractivity contribution is 7.85. The molecule has 4 aromatic carbocycles. The molecule has 2 fully saturated rings. The van der Waals surface area contributed by atoms with Crippen molar-refractivity contribution in [3.63, 3.8) is 0 Å². The molecular weight excluding hydrogens is 1130 g/mol. The van der Waals surface area contributed by atoms with E-state index in [1.807, 2.05) is 53.7 Å². The summed E-state index contributed by atoms with van der Waals surface area (Å²) in [5.41, 5.74) is 18.1. The first-order valence-electron chi connectivity index (χ1n) is 27.6. The van der Waals surface area contributed by atoms with Crippen molar-refractivity contribution in [1.82, 2.24) is 0 Å². The summed E-state index contributed by atoms with van der Waals surface area (Å²) >= 11 is 0. The normalized spacial score (nSPS) is 17.5. The molecule has 4 aromatic rings. The van der Waals surface area contributed by atoms with E-state index in [1.165, 1.54) is 27.8 Å². The quantitative estimate of drug-likeness (QED) is 0.0176. The van der Waals surface area contributed by atoms with Crippen LogP contribution in [-0.4, -0.2) is 130 Å². The fraction of sp³-hybridized carbons (Fsp3) is 0.492. The number of aliphatic hydroxyl groups excluding tert-OH is 3. The van der Waals surface area contributed by atoms with Gasteiger partial charge in [-0.25, -0.2) is 14.4 Å². The van der Waals surface area contributed by atoms with Gasteiger partial charge < -0.3 is 66.4 Å². The van der Waals surface area contributed by atoms with Gasteiger partial charge in [0.15, 0.2) is 6.61 Å². The van der Waals surface area contributed by atoms with E-state index >= 15 is 0 Å². The lowest BCUT2D eigenvalue weighted by Crippen LogP contribution is -2.42. The summed E-state index contributed by atoms with van der Waals surface area (Å²) < 4.78 is 50.8. The summed E-state index contributed by atoms with van der Waals surface area (Å²) in [5, 5.41) is 54.1. The fourth-order valence-electron chi connectivity index (χ4n) is 9.91. The third-order valence-electron chi connectivity index (χ3n) is 14.5. The zero-order valence-electron chi connectivity index (χ0n) is 51.3. The Morgan fingerprint density at radius 1 is 0.756 bits per heavy atom. The van der Waals surface area contributed by atoms with Gasteiger partial charge in [0, 0.05) is 41.3 Å². The molecule has 3 aliphatic rings. The molecule has 1 heterocycles. The molecule has 2 unspecified atom stereocenters. The van der Waals surface area contributed by atoms with Crippen LogP contribution in [-0.2, 0) is 62.9 Å². The maximum Gasteiger partial charge on any atom is 0.339 e. The van der Waals surface area contributed by atoms with Crippen molar-refractivity contribution in [2.75, 3.05) is 31.9 Å². The number of anilines is 1. The number of ketones is 1. The monoisotopic (exact) mass is 1220 g/mol. The van der Waals surface area contributed by atoms with Crippen molar-refractivity contribution in [3.8, 4) is 17.2 Å². The summed E-state index contributed by atoms with van der Waals surface area (Å²) in [4.78, 5) is 61.9. The number of aryl methyl sites for hydroxylation is 2. The smallest absolute Gasteiger partial charge is 0.339 e. The largest absolute Gasteiger partial charge is 0.497 e. The van der Waals surface area contributed by atoms with E-state index < -0.39 is 57.7 Å². The minimum Gasteiger partial charge on any atom is -0.497 e. The number of carboxylic acids is 3. The van der Waals surface area contributed by atoms with Gasteiger partial charge in [-0.2, -0.15) is 8.42 Å². The number of benzene rings is 4. The lowest BCUT2D eigenvalue weighted by atomic mass is 9.70. The van der Waals surface area contributed by atoms with Crippen LogP contribution in [0, 0.1) is 36.0 Å². The number of carbonyl (C=O) groups excluding carboxylic acids is 3. The van der Waals surface area contributed by atoms with Gasteiger partial charge in [-0.05, 0) is 138 Å². The molecule has 0 radical (unpaired) electrons. The molecular formula is C63H89N3O19S. The Balaban J connectivity index is 0.000000377. The topological polar surface area (TPSA) is 379 Å². The van der Waals surface area contributed by atoms with Gasteiger partial charge in [0.1, 0.15) is 23.0 Å². The predicted octanol–water partition coefficient (Wildman–Crippen LogP) is 7.57. The van der Waals surface area contributed by atoms with Crippen LogP contribution in [0.4, 0.5) is 5.69 Å². The third-order valence-corrected chi connectivity index (χ3v) is 15.3. The molecule has 476 valence electrons. The highest BCUT2D eigenvalue weighted by atomic mass is 32.2. The molecule has 23 heteroatoms. The summed E-state index contributed by atoms with van der Waals surface area (Å²) in [6.45, 7) is 20.5. The van der Waals surface area contributed by atoms with Crippen molar-refractivity contribution < 1.29 is 91.3 Å². The van der Waals surface area contributed by atoms with Crippen molar-refractivity contribution >= 4 is 51.9 Å². The lowest BCUT2D eigenvalue weighted by Gasteiger charge is -2.35. The maximum absolute atomic E-state index is 11.9. The molecule has 0 spiro atoms. The lowest BCUT2D eigenvalue weighted by molar-refractivity contribution is -0.185. The number of aliphatic hydroxyl groups is 3. The summed E-state index contributed by atoms with van der Waals surface area (Å²) in [6.07, 6.45) is 2.43. The molecule has 2 saturated carbocycles. The van der Waals surface area contributed by atoms with Crippen molar-refractivity contribution in [2.24, 2.45) is 33.6 Å². The molecule has 1 aliphatic heterocycles. The third kappa shape index (κ3) is 26.2. The van der Waals surface area contributed by atoms with E-state index in [-0.39, 0.29) is 52.6 Å². The Hall–Kier alpha value is -7.25. The SMILES string of the molecule is CC1(C)C2CCC1(CS(=O)(=O)O)C(=O)C2.COc1ccc(CC(C)(C)CC[C@H](O)c2cc(OC)cc3c2OCC(=O)N3)cc1.Cc1ccc(CC(C)(C)N)cc1.Cc1ccc(CC(C)(C)N)cc1.O=C(O)/C=C\C(=O)O.O=CO[C@@H](O)[C@H](O)C(=O)O. The summed E-state index contributed by atoms with van der Waals surface area (Å²) in [6, 6.07) is 28.6. The number of hydrogen-bond donors (Lipinski definition) is 10. The molecule has 22 nitrogen and oxygen atoms in total. The van der Waals surface area contributed by atoms with Crippen LogP contribution >= 0.6 is 0 Å². The zero-order valence-corrected chi connectivity index (χ0v) is 52.1. The van der Waals surface area contributed by atoms with Crippen molar-refractivity contribution in [1.29, 1.82) is 0 Å². The van der Waals surface area contributed by atoms with Crippen LogP contribution in [0.5, 0.6) is 17.2 Å². The van der Waals surface area contributed by atoms with Crippen LogP contribution < -0.4 is 31.0 Å². The van der Waals surface area contributed by atoms with Gasteiger partial charge >= 0.3 is 17.9 Å². The first-order valence-corrected chi connectivity index (χ1v) is 29.2. The molecule has 86 heavy (non-hydrogen) atoms. The molecule has 7 rings (SSSR count). The number of hydrogen-bond acceptors (Lipinski definition) is 17. The number of aliphatic carboxylic acids is 3. The number of nitrogens with two attached hydrogens (primary N) is 2. The number of carboxylic acid groups (broad SMARTS) is 3. The fourth-order valence-corrected chi connectivity index (χ4v) is 11.2. The number of rotatable bonds is 20. The molecule has 2 bridgehead atoms. The van der Waals surface area contributed by atoms with Gasteiger partial charge in [0.2, 0.25) is 12.4 Å². The van der Waals surface area contributed by atoms with E-state index in [1.54, 1.807) is 26.4 Å². The Bertz CT molecular complexity index is 2930. The molecule has 12 N–H and O–H groups in total. The van der Waals surface area contributed by atoms with Gasteiger partial charge in [-0.15, -0.1) is 0 Å². The highest BCUT2D eigenvalue weighted by Gasteiger charge is 2.65. The number of methoxy groups -OCH3 is 2. The van der Waals surface area contributed by atoms with Gasteiger partial charge in [0.05, 0.1) is 37.2 Å². The number of amides is 1. The second-order valence-corrected chi connectivity index (χ2v) is 25.7. The highest BCUT2D eigenvalue weighted by Crippen LogP contribution is 2.64. The first kappa shape index (κ1) is 74.8. The summed E-state index contributed by atoms with van der Waals surface area (Å²) in [5.74, 6) is -2.56. The average Bonchev–Trinajstić information content (AvgIpc) is 1.56. The number of nitrogens with one attached hydrogen (secondary N) is 1. The molecule has 0 aromatic heterocycles. The van der Waals surface area contributed by atoms with Crippen molar-refractivity contribution in [2.45, 2.75) is 150 Å². The Kier molecular flexibility index (Phi) is 28.7. The van der Waals surface area contributed by atoms with Crippen LogP contribution in [0.3, 0.4) is 0 Å². The van der Waals surface area contributed by atoms with Gasteiger partial charge in [0.25, 0.3) is 22.5 Å². The van der Waals surface area contributed by atoms with E-state index in [2.05, 4.69) is 98.4 Å². The van der Waals surface area contributed by atoms with E-state index in [9.17, 15) is 42.3 Å². The maximum atomic E-state index is 11.9. The predicted molar refractivity (Wildman–Crippen MR) is 324 cm³/mol. The second kappa shape index (κ2) is 33.0. The second-order valence-electron chi connectivity index (χ2n) is 24.3. The van der Waals surface area contributed by atoms with E-state index in [0.29, 0.717) is 54.2 Å². The molecule has 2 aliphatic carbocycles. The Labute approximate surface area is 504 Å². The van der Waals surface area contributed by atoms with Crippen molar-refractivity contribution in [3.05, 3.63) is 130 Å². The van der Waals surface area contributed by atoms with E-state index in [4.69, 9.17) is 55.8 Å². The van der Waals surface area contributed by atoms with Gasteiger partial charge in [-0.3, -0.25) is 18.9 Å². The number of ether oxygens (including phenoxy) is 4. The Morgan fingerprint density at radius 2 is 1.22 bits per heavy atom. The van der Waals surface area contributed by atoms with Crippen LogP contribution in [0.1, 0.15) is 127 Å². The standard InChI is InChI=1S/C23H29NO5.2C11H17N.C10H16O4S.C4H6O6.C4H4O4/c1-23(2,13-15-5-7-16(27-3)8-6-15)10-9-20(25)18-11-17(28-4)12-19-22(18)29-14-21(26)24-19;2*1-9-4-6-10(7-5-9)8-11(2,3)12;1-9(2)7-3-4-10(9,8(11)5-7)6-15(12,13)14;5-1-10-4(9)2(6)3(7)8;5-3(6)1-2-4(7)8/h5-8,11-12,20,25H,9-10,13-14H2,1-4H3,(H,24,26);2*4-7H,8,12H2,1-3H3;7H,3-6H2,1-2H3,(H,12,13,14);1-2,4,6,9H,(H,7,8);1-2H,(H,5,6)(H,7,8)/b;;;;;2-1-/t20-;;;;2-,4-;/m0...1./s1.